The van der Waals surface area contributed by atoms with Crippen molar-refractivity contribution in [2.45, 2.75) is 42.2 Å². The van der Waals surface area contributed by atoms with Crippen LogP contribution in [0.25, 0.3) is 10.2 Å². The molecule has 1 fully saturated rings. The molecule has 1 amide bonds. The summed E-state index contributed by atoms with van der Waals surface area (Å²) in [6.07, 6.45) is 3.80. The summed E-state index contributed by atoms with van der Waals surface area (Å²) in [6, 6.07) is 21.8. The van der Waals surface area contributed by atoms with Crippen LogP contribution in [0.3, 0.4) is 0 Å². The number of carbonyl (C=O) groups is 1. The molecule has 0 radical (unpaired) electrons. The molecule has 1 unspecified atom stereocenters. The summed E-state index contributed by atoms with van der Waals surface area (Å²) in [5.74, 6) is -0.226. The van der Waals surface area contributed by atoms with E-state index in [1.165, 1.54) is 27.8 Å². The minimum absolute atomic E-state index is 0.0586. The first-order chi connectivity index (χ1) is 18.9. The molecule has 0 spiro atoms. The molecule has 0 aliphatic carbocycles. The van der Waals surface area contributed by atoms with E-state index in [0.717, 1.165) is 33.5 Å². The molecular formula is C29H31N3O4S3. The number of ether oxygens (including phenoxy) is 1. The number of aromatic nitrogens is 1. The zero-order valence-electron chi connectivity index (χ0n) is 21.9. The lowest BCUT2D eigenvalue weighted by Gasteiger charge is -2.23. The van der Waals surface area contributed by atoms with E-state index in [2.05, 4.69) is 0 Å². The first-order valence-corrected chi connectivity index (χ1v) is 16.4. The third kappa shape index (κ3) is 6.05. The van der Waals surface area contributed by atoms with Crippen molar-refractivity contribution in [3.8, 4) is 0 Å². The number of hydrogen-bond acceptors (Lipinski definition) is 7. The van der Waals surface area contributed by atoms with E-state index < -0.39 is 10.0 Å². The summed E-state index contributed by atoms with van der Waals surface area (Å²) in [6.45, 7) is 3.52. The molecule has 4 aromatic rings. The number of carbonyl (C=O) groups excluding carboxylic acids is 1. The van der Waals surface area contributed by atoms with Crippen LogP contribution in [-0.2, 0) is 21.3 Å². The summed E-state index contributed by atoms with van der Waals surface area (Å²) in [7, 11) is -3.73. The predicted molar refractivity (Wildman–Crippen MR) is 158 cm³/mol. The minimum atomic E-state index is -3.73. The van der Waals surface area contributed by atoms with Gasteiger partial charge in [0, 0.05) is 30.2 Å². The normalized spacial score (nSPS) is 15.7. The number of benzene rings is 3. The van der Waals surface area contributed by atoms with Crippen molar-refractivity contribution in [1.82, 2.24) is 9.29 Å². The van der Waals surface area contributed by atoms with Crippen molar-refractivity contribution < 1.29 is 17.9 Å². The van der Waals surface area contributed by atoms with Crippen molar-refractivity contribution in [3.63, 3.8) is 0 Å². The van der Waals surface area contributed by atoms with Gasteiger partial charge in [0.2, 0.25) is 10.0 Å². The number of sulfonamides is 1. The first kappa shape index (κ1) is 27.8. The van der Waals surface area contributed by atoms with Crippen LogP contribution in [0, 0.1) is 0 Å². The number of anilines is 1. The van der Waals surface area contributed by atoms with Gasteiger partial charge in [0.1, 0.15) is 0 Å². The summed E-state index contributed by atoms with van der Waals surface area (Å²) in [5.41, 5.74) is 2.21. The molecule has 10 heteroatoms. The van der Waals surface area contributed by atoms with Gasteiger partial charge < -0.3 is 4.74 Å². The second kappa shape index (κ2) is 12.2. The molecule has 7 nitrogen and oxygen atoms in total. The average molecular weight is 582 g/mol. The molecule has 204 valence electrons. The van der Waals surface area contributed by atoms with Crippen LogP contribution in [0.4, 0.5) is 5.13 Å². The predicted octanol–water partition coefficient (Wildman–Crippen LogP) is 6.05. The lowest BCUT2D eigenvalue weighted by molar-refractivity contribution is 0.0917. The van der Waals surface area contributed by atoms with Gasteiger partial charge in [-0.05, 0) is 61.1 Å². The Morgan fingerprint density at radius 3 is 2.51 bits per heavy atom. The monoisotopic (exact) mass is 581 g/mol. The molecule has 1 aromatic heterocycles. The maximum atomic E-state index is 13.8. The fourth-order valence-corrected chi connectivity index (χ4v) is 7.73. The van der Waals surface area contributed by atoms with Crippen LogP contribution < -0.4 is 4.90 Å². The van der Waals surface area contributed by atoms with Crippen LogP contribution in [0.1, 0.15) is 35.7 Å². The number of thiazole rings is 1. The highest BCUT2D eigenvalue weighted by molar-refractivity contribution is 7.98. The lowest BCUT2D eigenvalue weighted by atomic mass is 10.2. The number of amides is 1. The number of para-hydroxylation sites is 1. The minimum Gasteiger partial charge on any atom is -0.376 e. The summed E-state index contributed by atoms with van der Waals surface area (Å²) in [5, 5.41) is 0.615. The Morgan fingerprint density at radius 2 is 1.85 bits per heavy atom. The molecular weight excluding hydrogens is 551 g/mol. The number of rotatable bonds is 10. The van der Waals surface area contributed by atoms with Crippen LogP contribution in [-0.4, -0.2) is 55.7 Å². The van der Waals surface area contributed by atoms with Crippen molar-refractivity contribution >= 4 is 54.4 Å². The van der Waals surface area contributed by atoms with E-state index >= 15 is 0 Å². The van der Waals surface area contributed by atoms with Gasteiger partial charge in [0.15, 0.2) is 5.13 Å². The zero-order valence-corrected chi connectivity index (χ0v) is 24.4. The number of thioether (sulfide) groups is 1. The third-order valence-electron chi connectivity index (χ3n) is 6.77. The molecule has 0 saturated carbocycles. The maximum Gasteiger partial charge on any atom is 0.260 e. The molecule has 39 heavy (non-hydrogen) atoms. The largest absolute Gasteiger partial charge is 0.376 e. The van der Waals surface area contributed by atoms with Crippen LogP contribution >= 0.6 is 23.1 Å². The Hall–Kier alpha value is -2.76. The fourth-order valence-electron chi connectivity index (χ4n) is 4.66. The molecule has 1 saturated heterocycles. The fraction of sp³-hybridized carbons (Fsp3) is 0.310. The van der Waals surface area contributed by atoms with Gasteiger partial charge in [-0.3, -0.25) is 9.69 Å². The Bertz CT molecular complexity index is 1530. The first-order valence-electron chi connectivity index (χ1n) is 12.9. The van der Waals surface area contributed by atoms with Gasteiger partial charge in [0.25, 0.3) is 5.91 Å². The van der Waals surface area contributed by atoms with E-state index in [4.69, 9.17) is 9.72 Å². The highest BCUT2D eigenvalue weighted by Crippen LogP contribution is 2.35. The molecule has 3 aromatic carbocycles. The van der Waals surface area contributed by atoms with Crippen molar-refractivity contribution in [3.05, 3.63) is 83.9 Å². The molecule has 1 aliphatic rings. The van der Waals surface area contributed by atoms with E-state index in [0.29, 0.717) is 30.4 Å². The molecule has 0 bridgehead atoms. The number of fused-ring (bicyclic) bond motifs is 1. The molecule has 0 N–H and O–H groups in total. The van der Waals surface area contributed by atoms with Gasteiger partial charge in [-0.15, -0.1) is 11.8 Å². The van der Waals surface area contributed by atoms with E-state index in [-0.39, 0.29) is 23.5 Å². The van der Waals surface area contributed by atoms with Crippen molar-refractivity contribution in [2.24, 2.45) is 0 Å². The molecule has 1 aliphatic heterocycles. The second-order valence-electron chi connectivity index (χ2n) is 9.30. The van der Waals surface area contributed by atoms with E-state index in [9.17, 15) is 13.2 Å². The average Bonchev–Trinajstić information content (AvgIpc) is 3.64. The second-order valence-corrected chi connectivity index (χ2v) is 13.1. The van der Waals surface area contributed by atoms with E-state index in [1.54, 1.807) is 28.8 Å². The Morgan fingerprint density at radius 1 is 1.08 bits per heavy atom. The lowest BCUT2D eigenvalue weighted by Crippen LogP contribution is -2.37. The van der Waals surface area contributed by atoms with Gasteiger partial charge in [-0.1, -0.05) is 54.7 Å². The molecule has 2 heterocycles. The van der Waals surface area contributed by atoms with Crippen LogP contribution in [0.5, 0.6) is 0 Å². The summed E-state index contributed by atoms with van der Waals surface area (Å²) in [4.78, 5) is 21.6. The zero-order chi connectivity index (χ0) is 27.4. The topological polar surface area (TPSA) is 79.8 Å². The Kier molecular flexibility index (Phi) is 8.68. The molecule has 1 atom stereocenters. The maximum absolute atomic E-state index is 13.8. The Balaban J connectivity index is 1.42. The van der Waals surface area contributed by atoms with Crippen molar-refractivity contribution in [2.75, 3.05) is 30.9 Å². The molecule has 5 rings (SSSR count). The number of nitrogens with zero attached hydrogens (tertiary/aromatic N) is 3. The quantitative estimate of drug-likeness (QED) is 0.212. The summed E-state index contributed by atoms with van der Waals surface area (Å²) < 4.78 is 35.1. The third-order valence-corrected chi connectivity index (χ3v) is 10.5. The SMILES string of the molecule is CCN(Cc1ccccc1)S(=O)(=O)c1ccc(C(=O)N(CC2CCCO2)c2nc3c(SC)cccc3s2)cc1. The van der Waals surface area contributed by atoms with Gasteiger partial charge in [-0.25, -0.2) is 13.4 Å². The van der Waals surface area contributed by atoms with Crippen LogP contribution in [0.2, 0.25) is 0 Å². The summed E-state index contributed by atoms with van der Waals surface area (Å²) >= 11 is 3.10. The Labute approximate surface area is 237 Å². The highest BCUT2D eigenvalue weighted by Gasteiger charge is 2.28. The van der Waals surface area contributed by atoms with Gasteiger partial charge in [0.05, 0.1) is 27.8 Å². The van der Waals surface area contributed by atoms with Gasteiger partial charge in [-0.2, -0.15) is 4.31 Å². The van der Waals surface area contributed by atoms with Gasteiger partial charge >= 0.3 is 0 Å². The highest BCUT2D eigenvalue weighted by atomic mass is 32.2. The van der Waals surface area contributed by atoms with E-state index in [1.807, 2.05) is 61.7 Å². The van der Waals surface area contributed by atoms with Crippen molar-refractivity contribution in [1.29, 1.82) is 0 Å². The standard InChI is InChI=1S/C29H31N3O4S3/c1-3-31(19-21-9-5-4-6-10-21)39(34,35)24-16-14-22(15-17-24)28(33)32(20-23-11-8-18-36-23)29-30-27-25(37-2)12-7-13-26(27)38-29/h4-7,9-10,12-17,23H,3,8,11,18-20H2,1-2H3. The number of hydrogen-bond donors (Lipinski definition) is 0. The van der Waals surface area contributed by atoms with Crippen LogP contribution in [0.15, 0.2) is 82.6 Å². The smallest absolute Gasteiger partial charge is 0.260 e.